The molecule has 1 saturated carbocycles. The molecular weight excluding hydrogens is 216 g/mol. The van der Waals surface area contributed by atoms with Crippen LogP contribution in [0.2, 0.25) is 0 Å². The highest BCUT2D eigenvalue weighted by Gasteiger charge is 2.22. The number of hydrogen-bond acceptors (Lipinski definition) is 3. The van der Waals surface area contributed by atoms with Crippen LogP contribution in [0.5, 0.6) is 0 Å². The molecule has 0 saturated heterocycles. The van der Waals surface area contributed by atoms with Crippen LogP contribution in [0.25, 0.3) is 0 Å². The summed E-state index contributed by atoms with van der Waals surface area (Å²) in [5, 5.41) is 14.1. The summed E-state index contributed by atoms with van der Waals surface area (Å²) in [6, 6.07) is 2.39. The molecule has 94 valence electrons. The second kappa shape index (κ2) is 5.00. The molecule has 1 N–H and O–H groups in total. The normalized spacial score (nSPS) is 21.1. The van der Waals surface area contributed by atoms with E-state index in [0.29, 0.717) is 12.3 Å². The van der Waals surface area contributed by atoms with Crippen molar-refractivity contribution in [1.29, 1.82) is 0 Å². The summed E-state index contributed by atoms with van der Waals surface area (Å²) in [5.74, 6) is 0. The molecule has 1 unspecified atom stereocenters. The zero-order valence-corrected chi connectivity index (χ0v) is 10.3. The smallest absolute Gasteiger partial charge is 0.151 e. The van der Waals surface area contributed by atoms with Crippen LogP contribution in [-0.4, -0.2) is 26.8 Å². The van der Waals surface area contributed by atoms with Crippen molar-refractivity contribution in [2.24, 2.45) is 0 Å². The van der Waals surface area contributed by atoms with Crippen molar-refractivity contribution in [3.63, 3.8) is 0 Å². The van der Waals surface area contributed by atoms with Gasteiger partial charge in [0.25, 0.3) is 0 Å². The zero-order chi connectivity index (χ0) is 12.3. The van der Waals surface area contributed by atoms with Gasteiger partial charge in [0, 0.05) is 12.6 Å². The molecule has 4 heteroatoms. The maximum absolute atomic E-state index is 10.7. The van der Waals surface area contributed by atoms with E-state index in [4.69, 9.17) is 0 Å². The van der Waals surface area contributed by atoms with Crippen LogP contribution in [0.1, 0.15) is 50.8 Å². The molecule has 1 aromatic heterocycles. The van der Waals surface area contributed by atoms with E-state index >= 15 is 0 Å². The summed E-state index contributed by atoms with van der Waals surface area (Å²) in [4.78, 5) is 10.7. The first-order chi connectivity index (χ1) is 8.11. The Morgan fingerprint density at radius 1 is 1.53 bits per heavy atom. The molecule has 2 rings (SSSR count). The molecule has 1 aromatic rings. The van der Waals surface area contributed by atoms with Crippen LogP contribution in [0.15, 0.2) is 12.3 Å². The maximum atomic E-state index is 10.7. The zero-order valence-electron chi connectivity index (χ0n) is 10.3. The molecule has 0 spiro atoms. The van der Waals surface area contributed by atoms with Gasteiger partial charge in [-0.2, -0.15) is 5.10 Å². The predicted molar refractivity (Wildman–Crippen MR) is 64.7 cm³/mol. The van der Waals surface area contributed by atoms with Crippen LogP contribution in [0.3, 0.4) is 0 Å². The van der Waals surface area contributed by atoms with Crippen molar-refractivity contribution in [3.8, 4) is 0 Å². The molecule has 1 heterocycles. The van der Waals surface area contributed by atoms with E-state index in [1.54, 1.807) is 0 Å². The maximum Gasteiger partial charge on any atom is 0.151 e. The highest BCUT2D eigenvalue weighted by molar-refractivity contribution is 5.61. The lowest BCUT2D eigenvalue weighted by Gasteiger charge is -2.22. The van der Waals surface area contributed by atoms with Crippen LogP contribution >= 0.6 is 0 Å². The lowest BCUT2D eigenvalue weighted by atomic mass is 9.96. The largest absolute Gasteiger partial charge is 0.382 e. The summed E-state index contributed by atoms with van der Waals surface area (Å²) >= 11 is 0. The van der Waals surface area contributed by atoms with Crippen molar-refractivity contribution >= 4 is 6.29 Å². The Bertz CT molecular complexity index is 379. The quantitative estimate of drug-likeness (QED) is 0.812. The second-order valence-corrected chi connectivity index (χ2v) is 5.23. The number of aldehydes is 1. The van der Waals surface area contributed by atoms with Crippen LogP contribution < -0.4 is 0 Å². The fourth-order valence-electron chi connectivity index (χ4n) is 2.43. The number of aromatic nitrogens is 2. The van der Waals surface area contributed by atoms with Crippen LogP contribution in [-0.2, 0) is 11.2 Å². The molecule has 4 nitrogen and oxygen atoms in total. The summed E-state index contributed by atoms with van der Waals surface area (Å²) in [6.07, 6.45) is 9.06. The first kappa shape index (κ1) is 12.3. The van der Waals surface area contributed by atoms with Crippen molar-refractivity contribution in [2.75, 3.05) is 0 Å². The molecule has 0 aliphatic heterocycles. The molecule has 1 atom stereocenters. The number of carbonyl (C=O) groups is 1. The predicted octanol–water partition coefficient (Wildman–Crippen LogP) is 1.88. The van der Waals surface area contributed by atoms with Gasteiger partial charge in [-0.15, -0.1) is 0 Å². The fraction of sp³-hybridized carbons (Fsp3) is 0.692. The molecule has 0 radical (unpaired) electrons. The van der Waals surface area contributed by atoms with Gasteiger partial charge in [-0.25, -0.2) is 0 Å². The number of nitrogens with zero attached hydrogens (tertiary/aromatic N) is 2. The van der Waals surface area contributed by atoms with E-state index in [1.807, 2.05) is 16.9 Å². The number of rotatable bonds is 4. The van der Waals surface area contributed by atoms with Crippen molar-refractivity contribution in [3.05, 3.63) is 18.0 Å². The number of carbonyl (C=O) groups excluding carboxylic acids is 1. The number of hydrogen-bond donors (Lipinski definition) is 1. The van der Waals surface area contributed by atoms with E-state index in [0.717, 1.165) is 5.69 Å². The third-order valence-electron chi connectivity index (χ3n) is 3.41. The monoisotopic (exact) mass is 236 g/mol. The highest BCUT2D eigenvalue weighted by atomic mass is 16.3. The SMILES string of the molecule is CC(O)(C=O)Cc1ccn(C2CCCCC2)n1. The molecule has 1 fully saturated rings. The third kappa shape index (κ3) is 3.16. The minimum absolute atomic E-state index is 0.288. The molecule has 0 bridgehead atoms. The van der Waals surface area contributed by atoms with Gasteiger partial charge in [0.2, 0.25) is 0 Å². The minimum atomic E-state index is -1.30. The molecule has 17 heavy (non-hydrogen) atoms. The van der Waals surface area contributed by atoms with Gasteiger partial charge < -0.3 is 9.90 Å². The molecule has 1 aliphatic rings. The van der Waals surface area contributed by atoms with E-state index in [9.17, 15) is 9.90 Å². The summed E-state index contributed by atoms with van der Waals surface area (Å²) < 4.78 is 2.00. The van der Waals surface area contributed by atoms with Crippen LogP contribution in [0, 0.1) is 0 Å². The second-order valence-electron chi connectivity index (χ2n) is 5.23. The van der Waals surface area contributed by atoms with Gasteiger partial charge in [-0.1, -0.05) is 19.3 Å². The Labute approximate surface area is 102 Å². The van der Waals surface area contributed by atoms with Gasteiger partial charge in [-0.3, -0.25) is 4.68 Å². The summed E-state index contributed by atoms with van der Waals surface area (Å²) in [6.45, 7) is 1.51. The van der Waals surface area contributed by atoms with Crippen LogP contribution in [0.4, 0.5) is 0 Å². The van der Waals surface area contributed by atoms with E-state index in [2.05, 4.69) is 5.10 Å². The van der Waals surface area contributed by atoms with Gasteiger partial charge in [0.05, 0.1) is 11.7 Å². The summed E-state index contributed by atoms with van der Waals surface area (Å²) in [5.41, 5.74) is -0.515. The topological polar surface area (TPSA) is 55.1 Å². The minimum Gasteiger partial charge on any atom is -0.382 e. The van der Waals surface area contributed by atoms with Gasteiger partial charge >= 0.3 is 0 Å². The van der Waals surface area contributed by atoms with Gasteiger partial charge in [0.15, 0.2) is 6.29 Å². The van der Waals surface area contributed by atoms with Gasteiger partial charge in [-0.05, 0) is 25.8 Å². The molecule has 1 aliphatic carbocycles. The Kier molecular flexibility index (Phi) is 3.62. The lowest BCUT2D eigenvalue weighted by Crippen LogP contribution is -2.29. The molecular formula is C13H20N2O2. The Morgan fingerprint density at radius 3 is 2.88 bits per heavy atom. The van der Waals surface area contributed by atoms with E-state index < -0.39 is 5.60 Å². The lowest BCUT2D eigenvalue weighted by molar-refractivity contribution is -0.122. The van der Waals surface area contributed by atoms with Crippen molar-refractivity contribution < 1.29 is 9.90 Å². The Morgan fingerprint density at radius 2 is 2.24 bits per heavy atom. The highest BCUT2D eigenvalue weighted by Crippen LogP contribution is 2.27. The first-order valence-corrected chi connectivity index (χ1v) is 6.33. The summed E-state index contributed by atoms with van der Waals surface area (Å²) in [7, 11) is 0. The number of aliphatic hydroxyl groups is 1. The molecule has 0 amide bonds. The third-order valence-corrected chi connectivity index (χ3v) is 3.41. The van der Waals surface area contributed by atoms with E-state index in [1.165, 1.54) is 39.0 Å². The van der Waals surface area contributed by atoms with Gasteiger partial charge in [0.1, 0.15) is 5.60 Å². The average Bonchev–Trinajstić information content (AvgIpc) is 2.78. The fourth-order valence-corrected chi connectivity index (χ4v) is 2.43. The average molecular weight is 236 g/mol. The Hall–Kier alpha value is -1.16. The standard InChI is InChI=1S/C13H20N2O2/c1-13(17,10-16)9-11-7-8-15(14-11)12-5-3-2-4-6-12/h7-8,10,12,17H,2-6,9H2,1H3. The van der Waals surface area contributed by atoms with Crippen molar-refractivity contribution in [1.82, 2.24) is 9.78 Å². The molecule has 0 aromatic carbocycles. The van der Waals surface area contributed by atoms with E-state index in [-0.39, 0.29) is 6.42 Å². The Balaban J connectivity index is 2.02. The van der Waals surface area contributed by atoms with Crippen molar-refractivity contribution in [2.45, 2.75) is 57.1 Å². The first-order valence-electron chi connectivity index (χ1n) is 6.33.